The van der Waals surface area contributed by atoms with Crippen molar-refractivity contribution in [3.63, 3.8) is 0 Å². The van der Waals surface area contributed by atoms with E-state index in [-0.39, 0.29) is 9.75 Å². The summed E-state index contributed by atoms with van der Waals surface area (Å²) in [5.74, 6) is -16.4. The van der Waals surface area contributed by atoms with E-state index >= 15 is 26.3 Å². The third-order valence-electron chi connectivity index (χ3n) is 8.73. The van der Waals surface area contributed by atoms with E-state index in [2.05, 4.69) is 0 Å². The molecule has 0 unspecified atom stereocenters. The molecule has 4 aromatic heterocycles. The normalized spacial score (nSPS) is 16.9. The molecule has 0 nitrogen and oxygen atoms in total. The Bertz CT molecular complexity index is 2200. The van der Waals surface area contributed by atoms with Crippen LogP contribution in [0.2, 0.25) is 0 Å². The van der Waals surface area contributed by atoms with Crippen LogP contribution in [0.15, 0.2) is 84.9 Å². The van der Waals surface area contributed by atoms with E-state index in [1.54, 1.807) is 24.3 Å². The Morgan fingerprint density at radius 3 is 1.06 bits per heavy atom. The molecule has 16 heteroatoms. The second kappa shape index (κ2) is 12.6. The zero-order valence-electron chi connectivity index (χ0n) is 26.8. The van der Waals surface area contributed by atoms with Gasteiger partial charge in [-0.05, 0) is 96.8 Å². The predicted octanol–water partition coefficient (Wildman–Crippen LogP) is 15.1. The van der Waals surface area contributed by atoms with E-state index in [1.165, 1.54) is 38.1 Å². The Labute approximate surface area is 309 Å². The molecule has 0 bridgehead atoms. The molecule has 4 heterocycles. The van der Waals surface area contributed by atoms with Crippen LogP contribution in [0.4, 0.5) is 52.7 Å². The van der Waals surface area contributed by atoms with Crippen molar-refractivity contribution in [1.29, 1.82) is 0 Å². The fraction of sp³-hybridized carbons (Fsp3) is 0.189. The van der Waals surface area contributed by atoms with Gasteiger partial charge in [0, 0.05) is 50.2 Å². The molecule has 0 spiro atoms. The molecular formula is C37H20F12S4. The first-order valence-corrected chi connectivity index (χ1v) is 18.5. The van der Waals surface area contributed by atoms with E-state index < -0.39 is 63.5 Å². The van der Waals surface area contributed by atoms with Crippen LogP contribution in [0, 0.1) is 13.8 Å². The van der Waals surface area contributed by atoms with Crippen LogP contribution >= 0.6 is 45.3 Å². The highest BCUT2D eigenvalue weighted by atomic mass is 32.1. The van der Waals surface area contributed by atoms with Crippen LogP contribution in [-0.4, -0.2) is 17.8 Å². The summed E-state index contributed by atoms with van der Waals surface area (Å²) in [5.41, 5.74) is -4.80. The van der Waals surface area contributed by atoms with Gasteiger partial charge in [0.05, 0.1) is 11.1 Å². The van der Waals surface area contributed by atoms with Crippen molar-refractivity contribution in [3.8, 4) is 40.4 Å². The Balaban J connectivity index is 1.28. The minimum Gasteiger partial charge on any atom is -0.194 e. The fourth-order valence-electron chi connectivity index (χ4n) is 6.03. The number of aryl methyl sites for hydroxylation is 2. The average Bonchev–Trinajstić information content (AvgIpc) is 3.90. The highest BCUT2D eigenvalue weighted by Gasteiger charge is 2.80. The standard InChI is InChI=1S/C37H20F12S4/c1-17-23(15-29(50-17)27-13-11-25(52-27)19-3-7-21(8-4-19)35(42,43)44)31-32(34(40,41)37(48,49)33(31,38)39)24-16-30(51-18(24)2)28-14-12-26(53-28)20-5-9-22(10-6-20)36(45,46)47/h3-16H,1-2H3. The fourth-order valence-corrected chi connectivity index (χ4v) is 10.3. The van der Waals surface area contributed by atoms with E-state index in [4.69, 9.17) is 0 Å². The van der Waals surface area contributed by atoms with Crippen LogP contribution < -0.4 is 0 Å². The maximum atomic E-state index is 15.8. The van der Waals surface area contributed by atoms with E-state index in [0.29, 0.717) is 40.4 Å². The van der Waals surface area contributed by atoms with E-state index in [1.807, 2.05) is 0 Å². The Kier molecular flexibility index (Phi) is 8.90. The molecule has 1 aliphatic rings. The highest BCUT2D eigenvalue weighted by molar-refractivity contribution is 7.24. The van der Waals surface area contributed by atoms with E-state index in [9.17, 15) is 26.3 Å². The van der Waals surface area contributed by atoms with Crippen molar-refractivity contribution in [2.24, 2.45) is 0 Å². The molecule has 6 aromatic rings. The number of alkyl halides is 12. The van der Waals surface area contributed by atoms with Crippen LogP contribution in [-0.2, 0) is 12.4 Å². The molecule has 276 valence electrons. The second-order valence-corrected chi connectivity index (χ2v) is 16.8. The summed E-state index contributed by atoms with van der Waals surface area (Å²) in [6.45, 7) is 2.70. The van der Waals surface area contributed by atoms with Crippen LogP contribution in [0.1, 0.15) is 32.0 Å². The number of halogens is 12. The lowest BCUT2D eigenvalue weighted by atomic mass is 9.95. The summed E-state index contributed by atoms with van der Waals surface area (Å²) in [7, 11) is 0. The third kappa shape index (κ3) is 6.24. The maximum Gasteiger partial charge on any atom is 0.416 e. The SMILES string of the molecule is Cc1sc(-c2ccc(-c3ccc(C(F)(F)F)cc3)s2)cc1C1=C(c2cc(-c3ccc(-c4ccc(C(F)(F)F)cc4)s3)sc2C)C(F)(F)C(F)(F)C1(F)F. The van der Waals surface area contributed by atoms with Gasteiger partial charge in [0.1, 0.15) is 0 Å². The van der Waals surface area contributed by atoms with Gasteiger partial charge in [-0.25, -0.2) is 0 Å². The average molecular weight is 821 g/mol. The zero-order valence-corrected chi connectivity index (χ0v) is 30.0. The summed E-state index contributed by atoms with van der Waals surface area (Å²) in [6.07, 6.45) is -9.08. The number of rotatable bonds is 6. The highest BCUT2D eigenvalue weighted by Crippen LogP contribution is 2.66. The first-order valence-electron chi connectivity index (χ1n) is 15.3. The van der Waals surface area contributed by atoms with Crippen molar-refractivity contribution >= 4 is 56.5 Å². The number of thiophene rings is 4. The van der Waals surface area contributed by atoms with Gasteiger partial charge in [0.15, 0.2) is 0 Å². The molecule has 0 saturated heterocycles. The minimum absolute atomic E-state index is 0.0673. The van der Waals surface area contributed by atoms with E-state index in [0.717, 1.165) is 81.7 Å². The first-order chi connectivity index (χ1) is 24.6. The summed E-state index contributed by atoms with van der Waals surface area (Å²) in [6, 6.07) is 17.4. The lowest BCUT2D eigenvalue weighted by Gasteiger charge is -2.25. The number of benzene rings is 2. The van der Waals surface area contributed by atoms with Crippen molar-refractivity contribution in [2.75, 3.05) is 0 Å². The van der Waals surface area contributed by atoms with Crippen LogP contribution in [0.25, 0.3) is 51.5 Å². The molecule has 0 N–H and O–H groups in total. The summed E-state index contributed by atoms with van der Waals surface area (Å²) >= 11 is 4.05. The largest absolute Gasteiger partial charge is 0.416 e. The molecule has 0 amide bonds. The Morgan fingerprint density at radius 2 is 0.736 bits per heavy atom. The molecule has 53 heavy (non-hydrogen) atoms. The molecule has 0 radical (unpaired) electrons. The van der Waals surface area contributed by atoms with Crippen molar-refractivity contribution in [3.05, 3.63) is 117 Å². The lowest BCUT2D eigenvalue weighted by molar-refractivity contribution is -0.254. The third-order valence-corrected chi connectivity index (χ3v) is 13.5. The zero-order chi connectivity index (χ0) is 38.5. The van der Waals surface area contributed by atoms with Gasteiger partial charge >= 0.3 is 30.1 Å². The van der Waals surface area contributed by atoms with Gasteiger partial charge in [0.2, 0.25) is 0 Å². The molecular weight excluding hydrogens is 801 g/mol. The van der Waals surface area contributed by atoms with Crippen LogP contribution in [0.3, 0.4) is 0 Å². The van der Waals surface area contributed by atoms with Crippen molar-refractivity contribution in [2.45, 2.75) is 44.0 Å². The molecule has 0 aliphatic heterocycles. The second-order valence-electron chi connectivity index (χ2n) is 12.1. The molecule has 2 aromatic carbocycles. The van der Waals surface area contributed by atoms with Crippen LogP contribution in [0.5, 0.6) is 0 Å². The van der Waals surface area contributed by atoms with Gasteiger partial charge in [-0.2, -0.15) is 52.7 Å². The van der Waals surface area contributed by atoms with Gasteiger partial charge in [-0.1, -0.05) is 24.3 Å². The topological polar surface area (TPSA) is 0 Å². The van der Waals surface area contributed by atoms with Gasteiger partial charge in [-0.3, -0.25) is 0 Å². The smallest absolute Gasteiger partial charge is 0.194 e. The number of hydrogen-bond acceptors (Lipinski definition) is 4. The minimum atomic E-state index is -5.79. The molecule has 0 atom stereocenters. The molecule has 0 fully saturated rings. The summed E-state index contributed by atoms with van der Waals surface area (Å²) < 4.78 is 172. The maximum absolute atomic E-state index is 15.8. The van der Waals surface area contributed by atoms with Gasteiger partial charge < -0.3 is 0 Å². The van der Waals surface area contributed by atoms with Crippen molar-refractivity contribution in [1.82, 2.24) is 0 Å². The Hall–Kier alpha value is -3.86. The summed E-state index contributed by atoms with van der Waals surface area (Å²) in [4.78, 5) is 2.71. The molecule has 7 rings (SSSR count). The molecule has 0 saturated carbocycles. The Morgan fingerprint density at radius 1 is 0.415 bits per heavy atom. The van der Waals surface area contributed by atoms with Gasteiger partial charge in [-0.15, -0.1) is 45.3 Å². The predicted molar refractivity (Wildman–Crippen MR) is 187 cm³/mol. The quantitative estimate of drug-likeness (QED) is 0.147. The monoisotopic (exact) mass is 820 g/mol. The lowest BCUT2D eigenvalue weighted by Crippen LogP contribution is -2.48. The summed E-state index contributed by atoms with van der Waals surface area (Å²) in [5, 5.41) is 0. The molecule has 1 aliphatic carbocycles. The number of allylic oxidation sites excluding steroid dienone is 2. The van der Waals surface area contributed by atoms with Gasteiger partial charge in [0.25, 0.3) is 0 Å². The van der Waals surface area contributed by atoms with Crippen molar-refractivity contribution < 1.29 is 52.7 Å². The first kappa shape index (κ1) is 37.5. The number of hydrogen-bond donors (Lipinski definition) is 0.